The predicted octanol–water partition coefficient (Wildman–Crippen LogP) is 20.5. The van der Waals surface area contributed by atoms with Gasteiger partial charge in [-0.25, -0.2) is 0 Å². The molecule has 0 aliphatic rings. The second kappa shape index (κ2) is 57.7. The van der Waals surface area contributed by atoms with Crippen molar-refractivity contribution in [2.45, 2.75) is 354 Å². The Bertz CT molecular complexity index is 1060. The molecule has 0 fully saturated rings. The molecule has 0 aromatic rings. The Labute approximate surface area is 424 Å². The monoisotopic (exact) mass is 959 g/mol. The molecule has 0 aliphatic heterocycles. The summed E-state index contributed by atoms with van der Waals surface area (Å²) in [4.78, 5) is 38.2. The van der Waals surface area contributed by atoms with Gasteiger partial charge < -0.3 is 14.2 Å². The van der Waals surface area contributed by atoms with Gasteiger partial charge >= 0.3 is 17.9 Å². The number of carbonyl (C=O) groups excluding carboxylic acids is 3. The number of esters is 3. The Morgan fingerprint density at radius 1 is 0.279 bits per heavy atom. The molecule has 0 heterocycles. The van der Waals surface area contributed by atoms with Gasteiger partial charge in [0.1, 0.15) is 13.2 Å². The highest BCUT2D eigenvalue weighted by Gasteiger charge is 2.19. The van der Waals surface area contributed by atoms with E-state index in [1.165, 1.54) is 250 Å². The molecular weight excluding hydrogens is 841 g/mol. The van der Waals surface area contributed by atoms with Gasteiger partial charge in [0.2, 0.25) is 0 Å². The summed E-state index contributed by atoms with van der Waals surface area (Å²) in [6.45, 7) is 6.70. The number of allylic oxidation sites excluding steroid dienone is 2. The maximum atomic E-state index is 12.9. The van der Waals surface area contributed by atoms with Crippen molar-refractivity contribution in [3.63, 3.8) is 0 Å². The first-order valence-electron chi connectivity index (χ1n) is 30.7. The summed E-state index contributed by atoms with van der Waals surface area (Å²) < 4.78 is 16.9. The Hall–Kier alpha value is -1.85. The van der Waals surface area contributed by atoms with Gasteiger partial charge in [-0.2, -0.15) is 0 Å². The smallest absolute Gasteiger partial charge is 0.306 e. The van der Waals surface area contributed by atoms with Gasteiger partial charge in [-0.1, -0.05) is 296 Å². The molecule has 0 aliphatic carbocycles. The third kappa shape index (κ3) is 55.1. The second-order valence-electron chi connectivity index (χ2n) is 21.0. The molecule has 0 aromatic heterocycles. The molecule has 68 heavy (non-hydrogen) atoms. The van der Waals surface area contributed by atoms with E-state index >= 15 is 0 Å². The SMILES string of the molecule is CCCCCCCC/C=C/CCCCCCCCCC(=O)OC[C@@H](COC(=O)CCCCCCCCCCCCCCCCCC)OC(=O)CCCCCCCCCCCCCCCCCCC. The molecule has 0 radical (unpaired) electrons. The number of unbranched alkanes of at least 4 members (excludes halogenated alkanes) is 44. The van der Waals surface area contributed by atoms with Crippen molar-refractivity contribution in [2.24, 2.45) is 0 Å². The van der Waals surface area contributed by atoms with Crippen molar-refractivity contribution in [3.8, 4) is 0 Å². The molecule has 6 nitrogen and oxygen atoms in total. The first-order chi connectivity index (χ1) is 33.5. The third-order valence-corrected chi connectivity index (χ3v) is 14.0. The Balaban J connectivity index is 4.31. The number of rotatable bonds is 57. The highest BCUT2D eigenvalue weighted by molar-refractivity contribution is 5.71. The summed E-state index contributed by atoms with van der Waals surface area (Å²) in [7, 11) is 0. The topological polar surface area (TPSA) is 78.9 Å². The highest BCUT2D eigenvalue weighted by Crippen LogP contribution is 2.18. The fourth-order valence-electron chi connectivity index (χ4n) is 9.38. The van der Waals surface area contributed by atoms with Crippen LogP contribution in [0, 0.1) is 0 Å². The van der Waals surface area contributed by atoms with Gasteiger partial charge in [-0.05, 0) is 44.9 Å². The van der Waals surface area contributed by atoms with Crippen molar-refractivity contribution in [3.05, 3.63) is 12.2 Å². The zero-order valence-corrected chi connectivity index (χ0v) is 46.2. The molecule has 1 atom stereocenters. The molecule has 0 spiro atoms. The van der Waals surface area contributed by atoms with Crippen LogP contribution < -0.4 is 0 Å². The summed E-state index contributed by atoms with van der Waals surface area (Å²) in [5.74, 6) is -0.840. The fraction of sp³-hybridized carbons (Fsp3) is 0.919. The molecule has 0 rings (SSSR count). The van der Waals surface area contributed by atoms with Crippen LogP contribution in [0.2, 0.25) is 0 Å². The van der Waals surface area contributed by atoms with Crippen LogP contribution in [0.15, 0.2) is 12.2 Å². The van der Waals surface area contributed by atoms with Crippen LogP contribution in [-0.2, 0) is 28.6 Å². The highest BCUT2D eigenvalue weighted by atomic mass is 16.6. The minimum absolute atomic E-state index is 0.0648. The van der Waals surface area contributed by atoms with E-state index in [1.54, 1.807) is 0 Å². The van der Waals surface area contributed by atoms with Gasteiger partial charge in [0, 0.05) is 19.3 Å². The lowest BCUT2D eigenvalue weighted by Gasteiger charge is -2.18. The van der Waals surface area contributed by atoms with Crippen molar-refractivity contribution in [1.82, 2.24) is 0 Å². The lowest BCUT2D eigenvalue weighted by atomic mass is 10.0. The summed E-state index contributed by atoms with van der Waals surface area (Å²) in [5, 5.41) is 0. The summed E-state index contributed by atoms with van der Waals surface area (Å²) >= 11 is 0. The number of hydrogen-bond donors (Lipinski definition) is 0. The summed E-state index contributed by atoms with van der Waals surface area (Å²) in [6, 6.07) is 0. The molecule has 0 saturated carbocycles. The van der Waals surface area contributed by atoms with E-state index < -0.39 is 6.10 Å². The standard InChI is InChI=1S/C62H118O6/c1-4-7-10-13-16-19-22-25-28-31-34-37-40-43-46-49-52-55-61(64)67-58-59(57-66-60(63)54-51-48-45-42-39-36-33-30-27-24-21-18-15-12-9-6-3)68-62(65)56-53-50-47-44-41-38-35-32-29-26-23-20-17-14-11-8-5-2/h25,28,59H,4-24,26-27,29-58H2,1-3H3/b28-25+/t59-/m1/s1. The Kier molecular flexibility index (Phi) is 56.2. The first-order valence-corrected chi connectivity index (χ1v) is 30.7. The van der Waals surface area contributed by atoms with Crippen LogP contribution in [0.4, 0.5) is 0 Å². The molecule has 0 saturated heterocycles. The van der Waals surface area contributed by atoms with E-state index in [-0.39, 0.29) is 31.1 Å². The van der Waals surface area contributed by atoms with Crippen molar-refractivity contribution < 1.29 is 28.6 Å². The molecule has 0 unspecified atom stereocenters. The van der Waals surface area contributed by atoms with Crippen LogP contribution >= 0.6 is 0 Å². The summed E-state index contributed by atoms with van der Waals surface area (Å²) in [6.07, 6.45) is 66.3. The predicted molar refractivity (Wildman–Crippen MR) is 293 cm³/mol. The minimum Gasteiger partial charge on any atom is -0.462 e. The van der Waals surface area contributed by atoms with Gasteiger partial charge in [-0.15, -0.1) is 0 Å². The average molecular weight is 960 g/mol. The Morgan fingerprint density at radius 2 is 0.485 bits per heavy atom. The molecule has 0 N–H and O–H groups in total. The van der Waals surface area contributed by atoms with E-state index in [4.69, 9.17) is 14.2 Å². The minimum atomic E-state index is -0.766. The van der Waals surface area contributed by atoms with Gasteiger partial charge in [0.25, 0.3) is 0 Å². The number of hydrogen-bond acceptors (Lipinski definition) is 6. The van der Waals surface area contributed by atoms with Gasteiger partial charge in [0.15, 0.2) is 6.10 Å². The molecule has 402 valence electrons. The molecule has 6 heteroatoms. The van der Waals surface area contributed by atoms with Crippen LogP contribution in [0.5, 0.6) is 0 Å². The van der Waals surface area contributed by atoms with Crippen molar-refractivity contribution in [2.75, 3.05) is 13.2 Å². The van der Waals surface area contributed by atoms with E-state index in [0.717, 1.165) is 57.8 Å². The average Bonchev–Trinajstić information content (AvgIpc) is 3.34. The molecule has 0 aromatic carbocycles. The van der Waals surface area contributed by atoms with E-state index in [9.17, 15) is 14.4 Å². The summed E-state index contributed by atoms with van der Waals surface area (Å²) in [5.41, 5.74) is 0. The van der Waals surface area contributed by atoms with Crippen molar-refractivity contribution >= 4 is 17.9 Å². The van der Waals surface area contributed by atoms with E-state index in [0.29, 0.717) is 19.3 Å². The normalized spacial score (nSPS) is 12.0. The zero-order chi connectivity index (χ0) is 49.3. The van der Waals surface area contributed by atoms with Crippen LogP contribution in [-0.4, -0.2) is 37.2 Å². The number of ether oxygens (including phenoxy) is 3. The maximum absolute atomic E-state index is 12.9. The largest absolute Gasteiger partial charge is 0.462 e. The lowest BCUT2D eigenvalue weighted by molar-refractivity contribution is -0.167. The maximum Gasteiger partial charge on any atom is 0.306 e. The molecule has 0 bridgehead atoms. The second-order valence-corrected chi connectivity index (χ2v) is 21.0. The number of carbonyl (C=O) groups is 3. The van der Waals surface area contributed by atoms with Gasteiger partial charge in [-0.3, -0.25) is 14.4 Å². The molecule has 0 amide bonds. The van der Waals surface area contributed by atoms with Crippen LogP contribution in [0.25, 0.3) is 0 Å². The zero-order valence-electron chi connectivity index (χ0n) is 46.2. The fourth-order valence-corrected chi connectivity index (χ4v) is 9.38. The molecular formula is C62H118O6. The van der Waals surface area contributed by atoms with Crippen LogP contribution in [0.3, 0.4) is 0 Å². The van der Waals surface area contributed by atoms with Gasteiger partial charge in [0.05, 0.1) is 0 Å². The van der Waals surface area contributed by atoms with E-state index in [1.807, 2.05) is 0 Å². The van der Waals surface area contributed by atoms with Crippen molar-refractivity contribution in [1.29, 1.82) is 0 Å². The first kappa shape index (κ1) is 66.2. The quantitative estimate of drug-likeness (QED) is 0.0262. The van der Waals surface area contributed by atoms with E-state index in [2.05, 4.69) is 32.9 Å². The Morgan fingerprint density at radius 3 is 0.735 bits per heavy atom. The lowest BCUT2D eigenvalue weighted by Crippen LogP contribution is -2.30. The third-order valence-electron chi connectivity index (χ3n) is 14.0. The van der Waals surface area contributed by atoms with Crippen LogP contribution in [0.1, 0.15) is 348 Å².